The molecule has 0 atom stereocenters. The van der Waals surface area contributed by atoms with E-state index in [1.54, 1.807) is 19.2 Å². The molecule has 1 rings (SSSR count). The molecule has 0 saturated heterocycles. The van der Waals surface area contributed by atoms with Gasteiger partial charge >= 0.3 is 5.97 Å². The zero-order valence-corrected chi connectivity index (χ0v) is 11.5. The summed E-state index contributed by atoms with van der Waals surface area (Å²) in [4.78, 5) is 24.8. The van der Waals surface area contributed by atoms with Crippen LogP contribution < -0.4 is 0 Å². The Balaban J connectivity index is 2.76. The third-order valence-electron chi connectivity index (χ3n) is 2.73. The average Bonchev–Trinajstić information content (AvgIpc) is 2.45. The number of esters is 1. The Labute approximate surface area is 113 Å². The molecule has 0 saturated carbocycles. The number of hydrogen-bond donors (Lipinski definition) is 0. The van der Waals surface area contributed by atoms with Gasteiger partial charge in [0, 0.05) is 19.2 Å². The zero-order chi connectivity index (χ0) is 14.3. The van der Waals surface area contributed by atoms with Gasteiger partial charge in [-0.2, -0.15) is 0 Å². The molecule has 5 heteroatoms. The van der Waals surface area contributed by atoms with Crippen LogP contribution in [0.4, 0.5) is 0 Å². The number of carbonyl (C=O) groups excluding carboxylic acids is 2. The summed E-state index contributed by atoms with van der Waals surface area (Å²) in [5, 5.41) is 0. The maximum atomic E-state index is 12.2. The van der Waals surface area contributed by atoms with Crippen LogP contribution in [0.1, 0.15) is 22.8 Å². The van der Waals surface area contributed by atoms with E-state index in [1.807, 2.05) is 19.1 Å². The van der Waals surface area contributed by atoms with Crippen LogP contribution in [-0.4, -0.2) is 44.1 Å². The van der Waals surface area contributed by atoms with Crippen molar-refractivity contribution in [1.82, 2.24) is 4.90 Å². The van der Waals surface area contributed by atoms with Gasteiger partial charge in [-0.1, -0.05) is 12.1 Å². The number of likely N-dealkylation sites (N-methyl/N-ethyl adjacent to an activating group) is 1. The molecule has 1 amide bonds. The van der Waals surface area contributed by atoms with E-state index in [0.717, 1.165) is 5.56 Å². The lowest BCUT2D eigenvalue weighted by Gasteiger charge is -2.19. The van der Waals surface area contributed by atoms with E-state index >= 15 is 0 Å². The van der Waals surface area contributed by atoms with Crippen LogP contribution >= 0.6 is 0 Å². The Bertz CT molecular complexity index is 428. The van der Waals surface area contributed by atoms with Crippen LogP contribution in [0, 0.1) is 0 Å². The Morgan fingerprint density at radius 1 is 1.16 bits per heavy atom. The van der Waals surface area contributed by atoms with Gasteiger partial charge in [0.2, 0.25) is 0 Å². The average molecular weight is 265 g/mol. The smallest absolute Gasteiger partial charge is 0.325 e. The molecule has 0 fully saturated rings. The summed E-state index contributed by atoms with van der Waals surface area (Å²) in [6.07, 6.45) is 0. The maximum Gasteiger partial charge on any atom is 0.325 e. The normalized spacial score (nSPS) is 10.1. The summed E-state index contributed by atoms with van der Waals surface area (Å²) >= 11 is 0. The molecule has 0 aliphatic heterocycles. The monoisotopic (exact) mass is 265 g/mol. The van der Waals surface area contributed by atoms with Crippen LogP contribution in [0.5, 0.6) is 0 Å². The van der Waals surface area contributed by atoms with Gasteiger partial charge in [-0.05, 0) is 24.6 Å². The SMILES string of the molecule is CCN(CC(=O)OC)C(=O)c1ccc(COC)cc1. The predicted molar refractivity (Wildman–Crippen MR) is 70.7 cm³/mol. The first-order valence-corrected chi connectivity index (χ1v) is 6.06. The number of amides is 1. The van der Waals surface area contributed by atoms with E-state index < -0.39 is 5.97 Å². The summed E-state index contributed by atoms with van der Waals surface area (Å²) in [7, 11) is 2.93. The number of ether oxygens (including phenoxy) is 2. The van der Waals surface area contributed by atoms with Crippen LogP contribution in [-0.2, 0) is 20.9 Å². The van der Waals surface area contributed by atoms with Crippen molar-refractivity contribution in [3.8, 4) is 0 Å². The van der Waals surface area contributed by atoms with Crippen LogP contribution in [0.2, 0.25) is 0 Å². The van der Waals surface area contributed by atoms with E-state index in [-0.39, 0.29) is 12.5 Å². The van der Waals surface area contributed by atoms with Gasteiger partial charge in [-0.3, -0.25) is 9.59 Å². The lowest BCUT2D eigenvalue weighted by Crippen LogP contribution is -2.36. The third-order valence-corrected chi connectivity index (χ3v) is 2.73. The molecule has 104 valence electrons. The second-order valence-corrected chi connectivity index (χ2v) is 4.03. The minimum Gasteiger partial charge on any atom is -0.468 e. The fourth-order valence-electron chi connectivity index (χ4n) is 1.64. The highest BCUT2D eigenvalue weighted by atomic mass is 16.5. The Morgan fingerprint density at radius 2 is 1.79 bits per heavy atom. The number of methoxy groups -OCH3 is 2. The van der Waals surface area contributed by atoms with Crippen molar-refractivity contribution in [2.24, 2.45) is 0 Å². The summed E-state index contributed by atoms with van der Waals surface area (Å²) < 4.78 is 9.58. The van der Waals surface area contributed by atoms with Crippen LogP contribution in [0.25, 0.3) is 0 Å². The van der Waals surface area contributed by atoms with Crippen LogP contribution in [0.15, 0.2) is 24.3 Å². The van der Waals surface area contributed by atoms with E-state index in [4.69, 9.17) is 4.74 Å². The standard InChI is InChI=1S/C14H19NO4/c1-4-15(9-13(16)19-3)14(17)12-7-5-11(6-8-12)10-18-2/h5-8H,4,9-10H2,1-3H3. The molecular formula is C14H19NO4. The number of carbonyl (C=O) groups is 2. The van der Waals surface area contributed by atoms with Gasteiger partial charge in [-0.25, -0.2) is 0 Å². The van der Waals surface area contributed by atoms with Crippen molar-refractivity contribution in [2.75, 3.05) is 27.3 Å². The molecule has 0 N–H and O–H groups in total. The first-order chi connectivity index (χ1) is 9.12. The van der Waals surface area contributed by atoms with E-state index in [2.05, 4.69) is 4.74 Å². The fourth-order valence-corrected chi connectivity index (χ4v) is 1.64. The Morgan fingerprint density at radius 3 is 2.26 bits per heavy atom. The van der Waals surface area contributed by atoms with E-state index in [9.17, 15) is 9.59 Å². The van der Waals surface area contributed by atoms with E-state index in [1.165, 1.54) is 12.0 Å². The topological polar surface area (TPSA) is 55.8 Å². The number of rotatable bonds is 6. The van der Waals surface area contributed by atoms with Crippen molar-refractivity contribution < 1.29 is 19.1 Å². The molecule has 5 nitrogen and oxygen atoms in total. The van der Waals surface area contributed by atoms with Gasteiger partial charge in [0.15, 0.2) is 0 Å². The highest BCUT2D eigenvalue weighted by molar-refractivity contribution is 5.96. The summed E-state index contributed by atoms with van der Waals surface area (Å²) in [6, 6.07) is 7.14. The molecule has 0 aliphatic carbocycles. The molecule has 0 bridgehead atoms. The molecule has 0 radical (unpaired) electrons. The highest BCUT2D eigenvalue weighted by Gasteiger charge is 2.17. The summed E-state index contributed by atoms with van der Waals surface area (Å²) in [5.74, 6) is -0.608. The molecule has 1 aromatic rings. The third kappa shape index (κ3) is 4.37. The summed E-state index contributed by atoms with van der Waals surface area (Å²) in [5.41, 5.74) is 1.54. The van der Waals surface area contributed by atoms with Crippen molar-refractivity contribution in [3.63, 3.8) is 0 Å². The van der Waals surface area contributed by atoms with Gasteiger partial charge in [0.05, 0.1) is 13.7 Å². The first kappa shape index (κ1) is 15.2. The first-order valence-electron chi connectivity index (χ1n) is 6.06. The van der Waals surface area contributed by atoms with Crippen molar-refractivity contribution >= 4 is 11.9 Å². The van der Waals surface area contributed by atoms with Crippen molar-refractivity contribution in [3.05, 3.63) is 35.4 Å². The maximum absolute atomic E-state index is 12.2. The van der Waals surface area contributed by atoms with Gasteiger partial charge in [-0.15, -0.1) is 0 Å². The highest BCUT2D eigenvalue weighted by Crippen LogP contribution is 2.08. The molecule has 0 heterocycles. The molecule has 1 aromatic carbocycles. The quantitative estimate of drug-likeness (QED) is 0.731. The minimum atomic E-state index is -0.425. The van der Waals surface area contributed by atoms with Gasteiger partial charge in [0.1, 0.15) is 6.54 Å². The van der Waals surface area contributed by atoms with Crippen LogP contribution in [0.3, 0.4) is 0 Å². The van der Waals surface area contributed by atoms with Crippen molar-refractivity contribution in [2.45, 2.75) is 13.5 Å². The predicted octanol–water partition coefficient (Wildman–Crippen LogP) is 1.47. The second-order valence-electron chi connectivity index (χ2n) is 4.03. The minimum absolute atomic E-state index is 0.0361. The van der Waals surface area contributed by atoms with E-state index in [0.29, 0.717) is 18.7 Å². The Kier molecular flexibility index (Phi) is 6.02. The largest absolute Gasteiger partial charge is 0.468 e. The summed E-state index contributed by atoms with van der Waals surface area (Å²) in [6.45, 7) is 2.74. The molecule has 0 spiro atoms. The van der Waals surface area contributed by atoms with Crippen molar-refractivity contribution in [1.29, 1.82) is 0 Å². The lowest BCUT2D eigenvalue weighted by atomic mass is 10.1. The second kappa shape index (κ2) is 7.53. The lowest BCUT2D eigenvalue weighted by molar-refractivity contribution is -0.141. The molecule has 19 heavy (non-hydrogen) atoms. The molecular weight excluding hydrogens is 246 g/mol. The molecule has 0 unspecified atom stereocenters. The fraction of sp³-hybridized carbons (Fsp3) is 0.429. The van der Waals surface area contributed by atoms with Gasteiger partial charge < -0.3 is 14.4 Å². The number of hydrogen-bond acceptors (Lipinski definition) is 4. The molecule has 0 aliphatic rings. The number of nitrogens with zero attached hydrogens (tertiary/aromatic N) is 1. The van der Waals surface area contributed by atoms with Gasteiger partial charge in [0.25, 0.3) is 5.91 Å². The molecule has 0 aromatic heterocycles. The zero-order valence-electron chi connectivity index (χ0n) is 11.5. The Hall–Kier alpha value is -1.88. The number of benzene rings is 1.